The number of benzene rings is 1. The molecule has 0 aliphatic carbocycles. The molecule has 0 fully saturated rings. The van der Waals surface area contributed by atoms with Gasteiger partial charge in [-0.15, -0.1) is 0 Å². The van der Waals surface area contributed by atoms with Gasteiger partial charge in [-0.25, -0.2) is 0 Å². The second kappa shape index (κ2) is 4.40. The minimum atomic E-state index is -0.430. The van der Waals surface area contributed by atoms with Gasteiger partial charge in [0.05, 0.1) is 0 Å². The summed E-state index contributed by atoms with van der Waals surface area (Å²) in [5.74, 6) is 0. The summed E-state index contributed by atoms with van der Waals surface area (Å²) >= 11 is 6.46. The molecule has 90 valence electrons. The maximum atomic E-state index is 10.7. The van der Waals surface area contributed by atoms with Crippen molar-refractivity contribution in [2.75, 3.05) is 0 Å². The van der Waals surface area contributed by atoms with E-state index in [1.165, 1.54) is 10.5 Å². The normalized spacial score (nSPS) is 10.9. The van der Waals surface area contributed by atoms with E-state index in [0.717, 1.165) is 16.7 Å². The Morgan fingerprint density at radius 3 is 2.89 bits per heavy atom. The van der Waals surface area contributed by atoms with Gasteiger partial charge in [0, 0.05) is 0 Å². The number of nitrogens with zero attached hydrogens (tertiary/aromatic N) is 3. The van der Waals surface area contributed by atoms with Crippen molar-refractivity contribution in [1.29, 1.82) is 0 Å². The van der Waals surface area contributed by atoms with Crippen molar-refractivity contribution >= 4 is 52.9 Å². The summed E-state index contributed by atoms with van der Waals surface area (Å²) in [7, 11) is 0. The van der Waals surface area contributed by atoms with Gasteiger partial charge < -0.3 is 0 Å². The van der Waals surface area contributed by atoms with Crippen molar-refractivity contribution in [2.45, 2.75) is 0 Å². The molecule has 0 radical (unpaired) electrons. The predicted octanol–water partition coefficient (Wildman–Crippen LogP) is 2.78. The topological polar surface area (TPSA) is 61.0 Å². The van der Waals surface area contributed by atoms with Crippen LogP contribution in [0.5, 0.6) is 0 Å². The van der Waals surface area contributed by atoms with E-state index in [2.05, 4.69) is 4.98 Å². The minimum absolute atomic E-state index is 0.0133. The van der Waals surface area contributed by atoms with Gasteiger partial charge in [-0.1, -0.05) is 0 Å². The molecule has 0 spiro atoms. The number of rotatable bonds is 2. The Kier molecular flexibility index (Phi) is 2.87. The molecule has 1 aromatic carbocycles. The van der Waals surface area contributed by atoms with Crippen LogP contribution in [0.2, 0.25) is 0 Å². The van der Waals surface area contributed by atoms with Crippen molar-refractivity contribution in [3.63, 3.8) is 0 Å². The average molecular weight is 342 g/mol. The molecule has 0 aliphatic rings. The molecule has 5 nitrogen and oxygen atoms in total. The molecule has 0 aliphatic heterocycles. The fraction of sp³-hybridized carbons (Fsp3) is 0. The van der Waals surface area contributed by atoms with Gasteiger partial charge in [0.15, 0.2) is 0 Å². The van der Waals surface area contributed by atoms with Crippen LogP contribution in [-0.4, -0.2) is 28.2 Å². The number of hydrogen-bond donors (Lipinski definition) is 0. The van der Waals surface area contributed by atoms with E-state index in [9.17, 15) is 10.1 Å². The first-order chi connectivity index (χ1) is 8.66. The molecule has 0 N–H and O–H groups in total. The summed E-state index contributed by atoms with van der Waals surface area (Å²) in [6, 6.07) is 7.91. The predicted molar refractivity (Wildman–Crippen MR) is 73.4 cm³/mol. The Morgan fingerprint density at radius 1 is 1.44 bits per heavy atom. The van der Waals surface area contributed by atoms with E-state index in [0.29, 0.717) is 9.77 Å². The summed E-state index contributed by atoms with van der Waals surface area (Å²) in [6.07, 6.45) is 1.28. The van der Waals surface area contributed by atoms with E-state index in [-0.39, 0.29) is 19.7 Å². The molecule has 0 saturated carbocycles. The fourth-order valence-electron chi connectivity index (χ4n) is 1.53. The van der Waals surface area contributed by atoms with Crippen LogP contribution >= 0.6 is 23.6 Å². The second-order valence-corrected chi connectivity index (χ2v) is 6.87. The molecule has 0 amide bonds. The van der Waals surface area contributed by atoms with Gasteiger partial charge in [0.2, 0.25) is 0 Å². The SMILES string of the molecule is O=[N+]([O-])c1cnc(-n2[se]c3ccccc3c2=S)s1. The summed E-state index contributed by atoms with van der Waals surface area (Å²) in [5, 5.41) is 12.3. The van der Waals surface area contributed by atoms with E-state index in [4.69, 9.17) is 12.2 Å². The number of fused-ring (bicyclic) bond motifs is 1. The first kappa shape index (κ1) is 11.7. The molecule has 0 saturated heterocycles. The zero-order chi connectivity index (χ0) is 12.7. The van der Waals surface area contributed by atoms with Gasteiger partial charge in [0.25, 0.3) is 0 Å². The van der Waals surface area contributed by atoms with Gasteiger partial charge in [0.1, 0.15) is 0 Å². The van der Waals surface area contributed by atoms with Crippen LogP contribution in [0.3, 0.4) is 0 Å². The van der Waals surface area contributed by atoms with Crippen molar-refractivity contribution in [2.24, 2.45) is 0 Å². The Hall–Kier alpha value is -1.34. The molecule has 2 aromatic heterocycles. The van der Waals surface area contributed by atoms with Crippen molar-refractivity contribution in [3.8, 4) is 5.13 Å². The van der Waals surface area contributed by atoms with E-state index >= 15 is 0 Å². The standard InChI is InChI=1S/C10H5N3O2S2Se/c14-13(15)8-5-11-10(17-8)12-9(16)6-3-1-2-4-7(6)18-12/h1-5H. The molecular weight excluding hydrogens is 337 g/mol. The molecule has 3 aromatic rings. The van der Waals surface area contributed by atoms with Crippen LogP contribution in [0.4, 0.5) is 5.00 Å². The van der Waals surface area contributed by atoms with Crippen LogP contribution in [0, 0.1) is 14.8 Å². The van der Waals surface area contributed by atoms with Crippen molar-refractivity contribution in [1.82, 2.24) is 8.55 Å². The third-order valence-corrected chi connectivity index (χ3v) is 6.47. The molecule has 0 unspecified atom stereocenters. The summed E-state index contributed by atoms with van der Waals surface area (Å²) < 4.78 is 3.78. The zero-order valence-electron chi connectivity index (χ0n) is 8.77. The molecule has 2 heterocycles. The number of hydrogen-bond acceptors (Lipinski definition) is 5. The molecular formula is C10H5N3O2S2Se. The average Bonchev–Trinajstić information content (AvgIpc) is 2.95. The second-order valence-electron chi connectivity index (χ2n) is 3.43. The van der Waals surface area contributed by atoms with Crippen LogP contribution in [0.15, 0.2) is 30.5 Å². The molecule has 18 heavy (non-hydrogen) atoms. The van der Waals surface area contributed by atoms with Gasteiger partial charge in [-0.3, -0.25) is 0 Å². The number of aromatic nitrogens is 2. The third kappa shape index (κ3) is 1.83. The Balaban J connectivity index is 2.22. The Morgan fingerprint density at radius 2 is 2.22 bits per heavy atom. The Labute approximate surface area is 116 Å². The first-order valence-electron chi connectivity index (χ1n) is 4.88. The van der Waals surface area contributed by atoms with Gasteiger partial charge in [-0.2, -0.15) is 0 Å². The molecule has 0 atom stereocenters. The molecule has 0 bridgehead atoms. The van der Waals surface area contributed by atoms with Gasteiger partial charge >= 0.3 is 117 Å². The van der Waals surface area contributed by atoms with Gasteiger partial charge in [-0.05, 0) is 0 Å². The molecule has 3 rings (SSSR count). The van der Waals surface area contributed by atoms with Crippen LogP contribution in [0.1, 0.15) is 0 Å². The van der Waals surface area contributed by atoms with Crippen LogP contribution < -0.4 is 0 Å². The monoisotopic (exact) mass is 343 g/mol. The van der Waals surface area contributed by atoms with E-state index in [1.807, 2.05) is 27.8 Å². The van der Waals surface area contributed by atoms with Crippen molar-refractivity contribution in [3.05, 3.63) is 45.2 Å². The van der Waals surface area contributed by atoms with E-state index < -0.39 is 4.92 Å². The maximum absolute atomic E-state index is 10.7. The summed E-state index contributed by atoms with van der Waals surface area (Å²) in [4.78, 5) is 14.3. The summed E-state index contributed by atoms with van der Waals surface area (Å²) in [6.45, 7) is 0. The fourth-order valence-corrected chi connectivity index (χ4v) is 5.17. The number of nitro groups is 1. The van der Waals surface area contributed by atoms with Crippen LogP contribution in [0.25, 0.3) is 14.8 Å². The third-order valence-electron chi connectivity index (χ3n) is 2.33. The first-order valence-corrected chi connectivity index (χ1v) is 7.73. The van der Waals surface area contributed by atoms with E-state index in [1.54, 1.807) is 0 Å². The Bertz CT molecular complexity index is 805. The molecule has 8 heteroatoms. The van der Waals surface area contributed by atoms with Crippen molar-refractivity contribution < 1.29 is 4.92 Å². The van der Waals surface area contributed by atoms with Crippen LogP contribution in [-0.2, 0) is 0 Å². The summed E-state index contributed by atoms with van der Waals surface area (Å²) in [5.41, 5.74) is 0. The number of thiazole rings is 1. The zero-order valence-corrected chi connectivity index (χ0v) is 12.1. The quantitative estimate of drug-likeness (QED) is 0.311.